The molecule has 3 amide bonds. The Hall–Kier alpha value is -2.41. The highest BCUT2D eigenvalue weighted by Crippen LogP contribution is 2.37. The number of hydrogen-bond donors (Lipinski definition) is 2. The van der Waals surface area contributed by atoms with Crippen molar-refractivity contribution in [1.82, 2.24) is 10.2 Å². The average Bonchev–Trinajstić information content (AvgIpc) is 3.31. The van der Waals surface area contributed by atoms with Crippen molar-refractivity contribution in [3.05, 3.63) is 29.1 Å². The standard InChI is InChI=1S/C21H25N3O3S/c1-22-21(27)19-18(15-5-2-3-6-16(15)28-19)23-20(26)13-8-10-14(11-9-13)24-12-4-7-17(24)25/h2-3,5-6,13-14H,4,7-12H2,1H3,(H,22,27)(H,23,26). The van der Waals surface area contributed by atoms with Crippen LogP contribution in [0.15, 0.2) is 24.3 Å². The van der Waals surface area contributed by atoms with E-state index in [4.69, 9.17) is 0 Å². The summed E-state index contributed by atoms with van der Waals surface area (Å²) in [6, 6.07) is 8.02. The summed E-state index contributed by atoms with van der Waals surface area (Å²) in [5.74, 6) is -0.0364. The van der Waals surface area contributed by atoms with Gasteiger partial charge in [0.2, 0.25) is 11.8 Å². The molecule has 148 valence electrons. The highest BCUT2D eigenvalue weighted by Gasteiger charge is 2.34. The van der Waals surface area contributed by atoms with Crippen molar-refractivity contribution in [3.8, 4) is 0 Å². The van der Waals surface area contributed by atoms with Gasteiger partial charge < -0.3 is 15.5 Å². The molecule has 1 aromatic carbocycles. The van der Waals surface area contributed by atoms with Gasteiger partial charge in [0.05, 0.1) is 5.69 Å². The lowest BCUT2D eigenvalue weighted by molar-refractivity contribution is -0.130. The van der Waals surface area contributed by atoms with Crippen LogP contribution in [0, 0.1) is 5.92 Å². The van der Waals surface area contributed by atoms with Gasteiger partial charge >= 0.3 is 0 Å². The lowest BCUT2D eigenvalue weighted by Gasteiger charge is -2.34. The lowest BCUT2D eigenvalue weighted by atomic mass is 9.84. The Balaban J connectivity index is 1.47. The molecule has 1 saturated carbocycles. The number of amides is 3. The van der Waals surface area contributed by atoms with Gasteiger partial charge in [-0.2, -0.15) is 0 Å². The third-order valence-corrected chi connectivity index (χ3v) is 7.06. The molecular formula is C21H25N3O3S. The Kier molecular flexibility index (Phi) is 5.35. The molecular weight excluding hydrogens is 374 g/mol. The first-order valence-corrected chi connectivity index (χ1v) is 10.7. The van der Waals surface area contributed by atoms with E-state index in [-0.39, 0.29) is 29.7 Å². The van der Waals surface area contributed by atoms with Gasteiger partial charge in [-0.1, -0.05) is 18.2 Å². The zero-order valence-electron chi connectivity index (χ0n) is 16.0. The molecule has 6 nitrogen and oxygen atoms in total. The third-order valence-electron chi connectivity index (χ3n) is 5.90. The van der Waals surface area contributed by atoms with Crippen molar-refractivity contribution in [1.29, 1.82) is 0 Å². The van der Waals surface area contributed by atoms with Crippen LogP contribution in [0.4, 0.5) is 5.69 Å². The fourth-order valence-corrected chi connectivity index (χ4v) is 5.48. The molecule has 0 radical (unpaired) electrons. The molecule has 1 aliphatic heterocycles. The number of carbonyl (C=O) groups is 3. The van der Waals surface area contributed by atoms with Gasteiger partial charge in [-0.3, -0.25) is 14.4 Å². The van der Waals surface area contributed by atoms with E-state index in [9.17, 15) is 14.4 Å². The molecule has 2 fully saturated rings. The van der Waals surface area contributed by atoms with Gasteiger partial charge in [-0.25, -0.2) is 0 Å². The summed E-state index contributed by atoms with van der Waals surface area (Å²) in [6.07, 6.45) is 4.91. The Morgan fingerprint density at radius 2 is 1.89 bits per heavy atom. The number of carbonyl (C=O) groups excluding carboxylic acids is 3. The van der Waals surface area contributed by atoms with Gasteiger partial charge in [0.1, 0.15) is 4.88 Å². The van der Waals surface area contributed by atoms with Crippen molar-refractivity contribution in [2.45, 2.75) is 44.6 Å². The van der Waals surface area contributed by atoms with Crippen LogP contribution in [0.3, 0.4) is 0 Å². The van der Waals surface area contributed by atoms with Crippen LogP contribution in [0.25, 0.3) is 10.1 Å². The molecule has 0 spiro atoms. The molecule has 2 heterocycles. The molecule has 2 N–H and O–H groups in total. The maximum Gasteiger partial charge on any atom is 0.263 e. The van der Waals surface area contributed by atoms with Gasteiger partial charge in [0.15, 0.2) is 0 Å². The maximum atomic E-state index is 12.9. The molecule has 1 aliphatic carbocycles. The van der Waals surface area contributed by atoms with Crippen molar-refractivity contribution in [2.75, 3.05) is 18.9 Å². The van der Waals surface area contributed by atoms with Gasteiger partial charge in [0.25, 0.3) is 5.91 Å². The maximum absolute atomic E-state index is 12.9. The normalized spacial score (nSPS) is 22.5. The van der Waals surface area contributed by atoms with Gasteiger partial charge in [0, 0.05) is 42.1 Å². The fourth-order valence-electron chi connectivity index (χ4n) is 4.37. The number of nitrogens with zero attached hydrogens (tertiary/aromatic N) is 1. The largest absolute Gasteiger partial charge is 0.354 e. The van der Waals surface area contributed by atoms with E-state index in [0.29, 0.717) is 17.0 Å². The quantitative estimate of drug-likeness (QED) is 0.827. The number of rotatable bonds is 4. The van der Waals surface area contributed by atoms with Gasteiger partial charge in [-0.05, 0) is 38.2 Å². The molecule has 0 unspecified atom stereocenters. The fraction of sp³-hybridized carbons (Fsp3) is 0.476. The monoisotopic (exact) mass is 399 g/mol. The van der Waals surface area contributed by atoms with E-state index >= 15 is 0 Å². The number of fused-ring (bicyclic) bond motifs is 1. The van der Waals surface area contributed by atoms with E-state index in [1.165, 1.54) is 11.3 Å². The minimum atomic E-state index is -0.187. The van der Waals surface area contributed by atoms with Crippen molar-refractivity contribution < 1.29 is 14.4 Å². The van der Waals surface area contributed by atoms with Crippen LogP contribution in [0.2, 0.25) is 0 Å². The molecule has 7 heteroatoms. The highest BCUT2D eigenvalue weighted by atomic mass is 32.1. The second-order valence-corrected chi connectivity index (χ2v) is 8.62. The second-order valence-electron chi connectivity index (χ2n) is 7.57. The number of benzene rings is 1. The Labute approximate surface area is 168 Å². The summed E-state index contributed by atoms with van der Waals surface area (Å²) in [6.45, 7) is 0.858. The Morgan fingerprint density at radius 3 is 2.57 bits per heavy atom. The molecule has 2 aromatic rings. The summed E-state index contributed by atoms with van der Waals surface area (Å²) in [5, 5.41) is 6.60. The van der Waals surface area contributed by atoms with E-state index in [0.717, 1.165) is 48.7 Å². The molecule has 0 bridgehead atoms. The van der Waals surface area contributed by atoms with E-state index in [1.807, 2.05) is 29.2 Å². The molecule has 1 aromatic heterocycles. The first-order chi connectivity index (χ1) is 13.6. The van der Waals surface area contributed by atoms with E-state index < -0.39 is 0 Å². The predicted molar refractivity (Wildman–Crippen MR) is 111 cm³/mol. The summed E-state index contributed by atoms with van der Waals surface area (Å²) < 4.78 is 0.979. The van der Waals surface area contributed by atoms with Gasteiger partial charge in [-0.15, -0.1) is 11.3 Å². The number of nitrogens with one attached hydrogen (secondary N) is 2. The van der Waals surface area contributed by atoms with Crippen LogP contribution in [0.1, 0.15) is 48.2 Å². The van der Waals surface area contributed by atoms with Crippen molar-refractivity contribution >= 4 is 44.8 Å². The van der Waals surface area contributed by atoms with Crippen LogP contribution >= 0.6 is 11.3 Å². The zero-order chi connectivity index (χ0) is 19.7. The topological polar surface area (TPSA) is 78.5 Å². The van der Waals surface area contributed by atoms with Crippen LogP contribution in [-0.2, 0) is 9.59 Å². The first-order valence-electron chi connectivity index (χ1n) is 9.92. The molecule has 0 atom stereocenters. The molecule has 28 heavy (non-hydrogen) atoms. The zero-order valence-corrected chi connectivity index (χ0v) is 16.8. The van der Waals surface area contributed by atoms with Crippen molar-refractivity contribution in [3.63, 3.8) is 0 Å². The smallest absolute Gasteiger partial charge is 0.263 e. The average molecular weight is 400 g/mol. The number of thiophene rings is 1. The van der Waals surface area contributed by atoms with E-state index in [1.54, 1.807) is 7.05 Å². The molecule has 1 saturated heterocycles. The minimum absolute atomic E-state index is 0.0279. The minimum Gasteiger partial charge on any atom is -0.354 e. The highest BCUT2D eigenvalue weighted by molar-refractivity contribution is 7.21. The third kappa shape index (κ3) is 3.51. The number of likely N-dealkylation sites (tertiary alicyclic amines) is 1. The summed E-state index contributed by atoms with van der Waals surface area (Å²) >= 11 is 1.39. The summed E-state index contributed by atoms with van der Waals surface area (Å²) in [4.78, 5) is 39.7. The second kappa shape index (κ2) is 7.91. The van der Waals surface area contributed by atoms with Crippen LogP contribution < -0.4 is 10.6 Å². The molecule has 4 rings (SSSR count). The predicted octanol–water partition coefficient (Wildman–Crippen LogP) is 3.38. The van der Waals surface area contributed by atoms with Crippen LogP contribution in [0.5, 0.6) is 0 Å². The van der Waals surface area contributed by atoms with Crippen LogP contribution in [-0.4, -0.2) is 42.3 Å². The number of hydrogen-bond acceptors (Lipinski definition) is 4. The SMILES string of the molecule is CNC(=O)c1sc2ccccc2c1NC(=O)C1CCC(N2CCCC2=O)CC1. The first kappa shape index (κ1) is 18.9. The summed E-state index contributed by atoms with van der Waals surface area (Å²) in [5.41, 5.74) is 0.613. The van der Waals surface area contributed by atoms with Crippen molar-refractivity contribution in [2.24, 2.45) is 5.92 Å². The van der Waals surface area contributed by atoms with E-state index in [2.05, 4.69) is 10.6 Å². The Morgan fingerprint density at radius 1 is 1.14 bits per heavy atom. The Bertz CT molecular complexity index is 915. The molecule has 2 aliphatic rings. The lowest BCUT2D eigenvalue weighted by Crippen LogP contribution is -2.40. The summed E-state index contributed by atoms with van der Waals surface area (Å²) in [7, 11) is 1.60. The number of anilines is 1.